The maximum absolute atomic E-state index is 11.5. The minimum Gasteiger partial charge on any atom is -0.465 e. The minimum atomic E-state index is -0.328. The average Bonchev–Trinajstić information content (AvgIpc) is 3.27. The Morgan fingerprint density at radius 3 is 2.25 bits per heavy atom. The lowest BCUT2D eigenvalue weighted by atomic mass is 10.1. The first kappa shape index (κ1) is 18.9. The summed E-state index contributed by atoms with van der Waals surface area (Å²) >= 11 is 0. The van der Waals surface area contributed by atoms with E-state index < -0.39 is 0 Å². The van der Waals surface area contributed by atoms with E-state index in [0.29, 0.717) is 5.56 Å². The number of piperazine rings is 1. The van der Waals surface area contributed by atoms with Crippen molar-refractivity contribution in [1.82, 2.24) is 14.9 Å². The van der Waals surface area contributed by atoms with Crippen molar-refractivity contribution >= 4 is 11.9 Å². The number of hydrogen-bond acceptors (Lipinski definition) is 6. The minimum absolute atomic E-state index is 0.328. The summed E-state index contributed by atoms with van der Waals surface area (Å²) in [5.41, 5.74) is 2.47. The van der Waals surface area contributed by atoms with Gasteiger partial charge in [0.15, 0.2) is 0 Å². The number of anilines is 1. The molecule has 6 nitrogen and oxygen atoms in total. The summed E-state index contributed by atoms with van der Waals surface area (Å²) in [4.78, 5) is 25.6. The van der Waals surface area contributed by atoms with Crippen molar-refractivity contribution in [2.45, 2.75) is 25.7 Å². The molecule has 0 atom stereocenters. The zero-order chi connectivity index (χ0) is 19.3. The van der Waals surface area contributed by atoms with Crippen LogP contribution in [0.2, 0.25) is 0 Å². The first-order valence-corrected chi connectivity index (χ1v) is 10.2. The second kappa shape index (κ2) is 8.69. The lowest BCUT2D eigenvalue weighted by molar-refractivity contribution is 0.0601. The molecule has 1 saturated carbocycles. The predicted molar refractivity (Wildman–Crippen MR) is 109 cm³/mol. The lowest BCUT2D eigenvalue weighted by Gasteiger charge is -2.35. The van der Waals surface area contributed by atoms with E-state index in [-0.39, 0.29) is 5.97 Å². The first-order valence-electron chi connectivity index (χ1n) is 10.2. The van der Waals surface area contributed by atoms with E-state index in [9.17, 15) is 4.79 Å². The average molecular weight is 380 g/mol. The first-order chi connectivity index (χ1) is 13.7. The van der Waals surface area contributed by atoms with Crippen LogP contribution >= 0.6 is 0 Å². The molecule has 0 spiro atoms. The Labute approximate surface area is 166 Å². The molecule has 6 heteroatoms. The summed E-state index contributed by atoms with van der Waals surface area (Å²) < 4.78 is 4.74. The van der Waals surface area contributed by atoms with Gasteiger partial charge in [-0.1, -0.05) is 25.0 Å². The molecule has 2 fully saturated rings. The van der Waals surface area contributed by atoms with Crippen LogP contribution in [0.5, 0.6) is 0 Å². The van der Waals surface area contributed by atoms with Gasteiger partial charge in [0, 0.05) is 50.7 Å². The summed E-state index contributed by atoms with van der Waals surface area (Å²) in [6.07, 6.45) is 9.37. The van der Waals surface area contributed by atoms with Crippen LogP contribution in [0.3, 0.4) is 0 Å². The number of aromatic nitrogens is 2. The second-order valence-corrected chi connectivity index (χ2v) is 7.78. The van der Waals surface area contributed by atoms with Gasteiger partial charge in [-0.3, -0.25) is 4.90 Å². The molecule has 2 aromatic rings. The van der Waals surface area contributed by atoms with E-state index >= 15 is 0 Å². The molecule has 0 N–H and O–H groups in total. The molecule has 4 rings (SSSR count). The highest BCUT2D eigenvalue weighted by Crippen LogP contribution is 2.26. The summed E-state index contributed by atoms with van der Waals surface area (Å²) in [5.74, 6) is 1.38. The van der Waals surface area contributed by atoms with Crippen molar-refractivity contribution in [3.8, 4) is 11.1 Å². The fraction of sp³-hybridized carbons (Fsp3) is 0.500. The van der Waals surface area contributed by atoms with Crippen LogP contribution in [0.4, 0.5) is 5.95 Å². The van der Waals surface area contributed by atoms with Gasteiger partial charge in [0.25, 0.3) is 0 Å². The highest BCUT2D eigenvalue weighted by atomic mass is 16.5. The molecule has 2 heterocycles. The molecule has 1 aliphatic carbocycles. The third kappa shape index (κ3) is 4.33. The number of rotatable bonds is 5. The Morgan fingerprint density at radius 2 is 1.64 bits per heavy atom. The number of esters is 1. The second-order valence-electron chi connectivity index (χ2n) is 7.78. The zero-order valence-corrected chi connectivity index (χ0v) is 16.5. The Kier molecular flexibility index (Phi) is 5.86. The van der Waals surface area contributed by atoms with E-state index in [4.69, 9.17) is 4.74 Å². The van der Waals surface area contributed by atoms with Crippen molar-refractivity contribution in [2.75, 3.05) is 44.7 Å². The lowest BCUT2D eigenvalue weighted by Crippen LogP contribution is -2.48. The fourth-order valence-corrected chi connectivity index (χ4v) is 4.24. The van der Waals surface area contributed by atoms with Gasteiger partial charge in [0.05, 0.1) is 12.7 Å². The van der Waals surface area contributed by atoms with Crippen LogP contribution in [0.1, 0.15) is 36.0 Å². The van der Waals surface area contributed by atoms with E-state index in [1.54, 1.807) is 12.1 Å². The Balaban J connectivity index is 1.34. The predicted octanol–water partition coefficient (Wildman–Crippen LogP) is 3.24. The molecule has 0 unspecified atom stereocenters. The number of nitrogens with zero attached hydrogens (tertiary/aromatic N) is 4. The van der Waals surface area contributed by atoms with E-state index in [1.807, 2.05) is 24.5 Å². The molecule has 1 aromatic heterocycles. The number of ether oxygens (including phenoxy) is 1. The SMILES string of the molecule is COC(=O)c1ccc(-c2cnc(N3CCN(CC4CCCC4)CC3)nc2)cc1. The molecular formula is C22H28N4O2. The van der Waals surface area contributed by atoms with E-state index in [1.165, 1.54) is 39.3 Å². The van der Waals surface area contributed by atoms with E-state index in [2.05, 4.69) is 19.8 Å². The molecule has 2 aliphatic rings. The summed E-state index contributed by atoms with van der Waals surface area (Å²) in [5, 5.41) is 0. The Bertz CT molecular complexity index is 777. The van der Waals surface area contributed by atoms with Crippen LogP contribution in [0.25, 0.3) is 11.1 Å². The zero-order valence-electron chi connectivity index (χ0n) is 16.5. The maximum Gasteiger partial charge on any atom is 0.337 e. The van der Waals surface area contributed by atoms with Crippen molar-refractivity contribution in [1.29, 1.82) is 0 Å². The normalized spacial score (nSPS) is 18.4. The monoisotopic (exact) mass is 380 g/mol. The number of benzene rings is 1. The van der Waals surface area contributed by atoms with Crippen LogP contribution < -0.4 is 4.90 Å². The molecule has 0 bridgehead atoms. The van der Waals surface area contributed by atoms with Gasteiger partial charge in [0.2, 0.25) is 5.95 Å². The van der Waals surface area contributed by atoms with E-state index in [0.717, 1.165) is 49.2 Å². The standard InChI is InChI=1S/C22H28N4O2/c1-28-21(27)19-8-6-18(7-9-19)20-14-23-22(24-15-20)26-12-10-25(11-13-26)16-17-4-2-3-5-17/h6-9,14-15,17H,2-5,10-13,16H2,1H3. The van der Waals surface area contributed by atoms with Crippen LogP contribution in [0, 0.1) is 5.92 Å². The van der Waals surface area contributed by atoms with Crippen molar-refractivity contribution in [2.24, 2.45) is 5.92 Å². The number of hydrogen-bond donors (Lipinski definition) is 0. The molecular weight excluding hydrogens is 352 g/mol. The quantitative estimate of drug-likeness (QED) is 0.742. The largest absolute Gasteiger partial charge is 0.465 e. The highest BCUT2D eigenvalue weighted by Gasteiger charge is 2.23. The van der Waals surface area contributed by atoms with Crippen LogP contribution in [0.15, 0.2) is 36.7 Å². The number of methoxy groups -OCH3 is 1. The third-order valence-electron chi connectivity index (χ3n) is 5.92. The molecule has 148 valence electrons. The molecule has 1 aliphatic heterocycles. The van der Waals surface area contributed by atoms with Crippen LogP contribution in [-0.2, 0) is 4.74 Å². The van der Waals surface area contributed by atoms with Crippen molar-refractivity contribution < 1.29 is 9.53 Å². The topological polar surface area (TPSA) is 58.6 Å². The van der Waals surface area contributed by atoms with Crippen LogP contribution in [-0.4, -0.2) is 60.7 Å². The van der Waals surface area contributed by atoms with Crippen molar-refractivity contribution in [3.63, 3.8) is 0 Å². The number of carbonyl (C=O) groups excluding carboxylic acids is 1. The summed E-state index contributed by atoms with van der Waals surface area (Å²) in [6, 6.07) is 7.32. The summed E-state index contributed by atoms with van der Waals surface area (Å²) in [7, 11) is 1.39. The Hall–Kier alpha value is -2.47. The van der Waals surface area contributed by atoms with Gasteiger partial charge < -0.3 is 9.64 Å². The van der Waals surface area contributed by atoms with Gasteiger partial charge in [-0.05, 0) is 36.5 Å². The molecule has 0 radical (unpaired) electrons. The molecule has 1 saturated heterocycles. The maximum atomic E-state index is 11.5. The van der Waals surface area contributed by atoms with Gasteiger partial charge in [-0.25, -0.2) is 14.8 Å². The fourth-order valence-electron chi connectivity index (χ4n) is 4.24. The Morgan fingerprint density at radius 1 is 1.00 bits per heavy atom. The third-order valence-corrected chi connectivity index (χ3v) is 5.92. The molecule has 28 heavy (non-hydrogen) atoms. The van der Waals surface area contributed by atoms with Gasteiger partial charge in [-0.15, -0.1) is 0 Å². The highest BCUT2D eigenvalue weighted by molar-refractivity contribution is 5.89. The number of carbonyl (C=O) groups is 1. The van der Waals surface area contributed by atoms with Gasteiger partial charge in [-0.2, -0.15) is 0 Å². The van der Waals surface area contributed by atoms with Crippen molar-refractivity contribution in [3.05, 3.63) is 42.2 Å². The smallest absolute Gasteiger partial charge is 0.337 e. The molecule has 0 amide bonds. The van der Waals surface area contributed by atoms with Gasteiger partial charge in [0.1, 0.15) is 0 Å². The summed E-state index contributed by atoms with van der Waals surface area (Å²) in [6.45, 7) is 5.42. The van der Waals surface area contributed by atoms with Gasteiger partial charge >= 0.3 is 5.97 Å². The molecule has 1 aromatic carbocycles.